The molecule has 1 N–H and O–H groups in total. The first kappa shape index (κ1) is 15.7. The van der Waals surface area contributed by atoms with Crippen molar-refractivity contribution in [1.82, 2.24) is 0 Å². The van der Waals surface area contributed by atoms with E-state index in [1.807, 2.05) is 0 Å². The lowest BCUT2D eigenvalue weighted by Crippen LogP contribution is -2.27. The lowest BCUT2D eigenvalue weighted by molar-refractivity contribution is -0.384. The van der Waals surface area contributed by atoms with Crippen molar-refractivity contribution in [3.8, 4) is 0 Å². The van der Waals surface area contributed by atoms with Crippen molar-refractivity contribution in [2.24, 2.45) is 0 Å². The number of rotatable bonds is 4. The highest BCUT2D eigenvalue weighted by Gasteiger charge is 2.26. The smallest absolute Gasteiger partial charge is 0.269 e. The SMILES string of the molecule is CNc1cc2c(cc1F)C(C=O)N(c1ccc([N+](=O)[O-])cc1)C=C2. The van der Waals surface area contributed by atoms with Crippen LogP contribution in [0.25, 0.3) is 6.08 Å². The monoisotopic (exact) mass is 327 g/mol. The summed E-state index contributed by atoms with van der Waals surface area (Å²) < 4.78 is 14.1. The first-order chi connectivity index (χ1) is 11.5. The topological polar surface area (TPSA) is 75.5 Å². The van der Waals surface area contributed by atoms with Crippen molar-refractivity contribution in [1.29, 1.82) is 0 Å². The van der Waals surface area contributed by atoms with Crippen LogP contribution in [0.4, 0.5) is 21.5 Å². The molecule has 0 fully saturated rings. The summed E-state index contributed by atoms with van der Waals surface area (Å²) in [5.74, 6) is -0.443. The van der Waals surface area contributed by atoms with E-state index < -0.39 is 16.8 Å². The predicted molar refractivity (Wildman–Crippen MR) is 89.4 cm³/mol. The maximum absolute atomic E-state index is 14.1. The Labute approximate surface area is 137 Å². The average molecular weight is 327 g/mol. The van der Waals surface area contributed by atoms with Crippen molar-refractivity contribution in [3.63, 3.8) is 0 Å². The lowest BCUT2D eigenvalue weighted by atomic mass is 9.95. The zero-order chi connectivity index (χ0) is 17.3. The molecule has 0 bridgehead atoms. The number of aldehydes is 1. The Balaban J connectivity index is 2.02. The number of hydrogen-bond acceptors (Lipinski definition) is 5. The fraction of sp³-hybridized carbons (Fsp3) is 0.118. The number of fused-ring (bicyclic) bond motifs is 1. The lowest BCUT2D eigenvalue weighted by Gasteiger charge is -2.31. The van der Waals surface area contributed by atoms with Crippen molar-refractivity contribution in [2.45, 2.75) is 6.04 Å². The standard InChI is InChI=1S/C17H14FN3O3/c1-19-16-8-11-6-7-20(17(10-22)14(11)9-15(16)18)12-2-4-13(5-3-12)21(23)24/h2-10,17,19H,1H3. The summed E-state index contributed by atoms with van der Waals surface area (Å²) in [4.78, 5) is 23.5. The number of anilines is 2. The van der Waals surface area contributed by atoms with E-state index in [4.69, 9.17) is 0 Å². The van der Waals surface area contributed by atoms with Crippen molar-refractivity contribution in [2.75, 3.05) is 17.3 Å². The third-order valence-corrected chi connectivity index (χ3v) is 3.96. The molecule has 2 aromatic carbocycles. The van der Waals surface area contributed by atoms with Gasteiger partial charge in [0.2, 0.25) is 0 Å². The molecular formula is C17H14FN3O3. The molecule has 0 saturated carbocycles. The fourth-order valence-corrected chi connectivity index (χ4v) is 2.73. The number of carbonyl (C=O) groups excluding carboxylic acids is 1. The molecule has 0 aromatic heterocycles. The number of nitrogens with zero attached hydrogens (tertiary/aromatic N) is 2. The molecule has 0 aliphatic carbocycles. The van der Waals surface area contributed by atoms with Crippen molar-refractivity contribution in [3.05, 3.63) is 69.7 Å². The molecule has 0 radical (unpaired) electrons. The summed E-state index contributed by atoms with van der Waals surface area (Å²) in [6, 6.07) is 8.13. The van der Waals surface area contributed by atoms with E-state index in [9.17, 15) is 19.3 Å². The summed E-state index contributed by atoms with van der Waals surface area (Å²) in [5.41, 5.74) is 2.22. The van der Waals surface area contributed by atoms with Gasteiger partial charge in [0.05, 0.1) is 10.6 Å². The van der Waals surface area contributed by atoms with Gasteiger partial charge in [-0.05, 0) is 41.5 Å². The first-order valence-electron chi connectivity index (χ1n) is 7.22. The highest BCUT2D eigenvalue weighted by Crippen LogP contribution is 2.35. The Morgan fingerprint density at radius 1 is 1.29 bits per heavy atom. The normalized spacial score (nSPS) is 15.8. The Morgan fingerprint density at radius 2 is 2.00 bits per heavy atom. The summed E-state index contributed by atoms with van der Waals surface area (Å²) in [7, 11) is 1.62. The second-order valence-corrected chi connectivity index (χ2v) is 5.29. The Kier molecular flexibility index (Phi) is 3.99. The maximum Gasteiger partial charge on any atom is 0.269 e. The van der Waals surface area contributed by atoms with Crippen LogP contribution in [0.15, 0.2) is 42.6 Å². The van der Waals surface area contributed by atoms with Gasteiger partial charge in [-0.1, -0.05) is 0 Å². The molecule has 1 atom stereocenters. The minimum Gasteiger partial charge on any atom is -0.386 e. The molecule has 2 aromatic rings. The number of hydrogen-bond donors (Lipinski definition) is 1. The average Bonchev–Trinajstić information content (AvgIpc) is 2.60. The molecule has 1 heterocycles. The van der Waals surface area contributed by atoms with Gasteiger partial charge in [-0.15, -0.1) is 0 Å². The fourth-order valence-electron chi connectivity index (χ4n) is 2.73. The summed E-state index contributed by atoms with van der Waals surface area (Å²) in [6.07, 6.45) is 4.21. The van der Waals surface area contributed by atoms with E-state index >= 15 is 0 Å². The van der Waals surface area contributed by atoms with Gasteiger partial charge in [-0.2, -0.15) is 0 Å². The summed E-state index contributed by atoms with van der Waals surface area (Å²) in [5, 5.41) is 13.5. The van der Waals surface area contributed by atoms with Crippen LogP contribution in [0.2, 0.25) is 0 Å². The van der Waals surface area contributed by atoms with Crippen LogP contribution >= 0.6 is 0 Å². The predicted octanol–water partition coefficient (Wildman–Crippen LogP) is 3.51. The van der Waals surface area contributed by atoms with Gasteiger partial charge in [0.15, 0.2) is 0 Å². The van der Waals surface area contributed by atoms with Crippen LogP contribution in [0, 0.1) is 15.9 Å². The van der Waals surface area contributed by atoms with Crippen molar-refractivity contribution >= 4 is 29.4 Å². The Bertz CT molecular complexity index is 834. The van der Waals surface area contributed by atoms with Gasteiger partial charge >= 0.3 is 0 Å². The van der Waals surface area contributed by atoms with Crippen LogP contribution in [-0.2, 0) is 4.79 Å². The molecule has 0 saturated heterocycles. The van der Waals surface area contributed by atoms with Gasteiger partial charge in [0, 0.05) is 31.1 Å². The third kappa shape index (κ3) is 2.60. The van der Waals surface area contributed by atoms with Gasteiger partial charge in [-0.3, -0.25) is 10.1 Å². The second kappa shape index (κ2) is 6.11. The van der Waals surface area contributed by atoms with Crippen LogP contribution < -0.4 is 10.2 Å². The number of nitro benzene ring substituents is 1. The van der Waals surface area contributed by atoms with E-state index in [1.165, 1.54) is 18.2 Å². The minimum atomic E-state index is -0.702. The molecule has 24 heavy (non-hydrogen) atoms. The summed E-state index contributed by atoms with van der Waals surface area (Å²) >= 11 is 0. The first-order valence-corrected chi connectivity index (χ1v) is 7.22. The zero-order valence-corrected chi connectivity index (χ0v) is 12.8. The Hall–Kier alpha value is -3.22. The van der Waals surface area contributed by atoms with Crippen LogP contribution in [0.1, 0.15) is 17.2 Å². The van der Waals surface area contributed by atoms with E-state index in [0.29, 0.717) is 16.9 Å². The number of benzene rings is 2. The second-order valence-electron chi connectivity index (χ2n) is 5.29. The minimum absolute atomic E-state index is 0.0347. The number of carbonyl (C=O) groups is 1. The van der Waals surface area contributed by atoms with Crippen LogP contribution in [-0.4, -0.2) is 18.3 Å². The largest absolute Gasteiger partial charge is 0.386 e. The van der Waals surface area contributed by atoms with E-state index in [0.717, 1.165) is 11.8 Å². The van der Waals surface area contributed by atoms with Gasteiger partial charge in [-0.25, -0.2) is 4.39 Å². The summed E-state index contributed by atoms with van der Waals surface area (Å²) in [6.45, 7) is 0. The van der Waals surface area contributed by atoms with Gasteiger partial charge < -0.3 is 15.0 Å². The third-order valence-electron chi connectivity index (χ3n) is 3.96. The van der Waals surface area contributed by atoms with Gasteiger partial charge in [0.1, 0.15) is 18.1 Å². The highest BCUT2D eigenvalue weighted by molar-refractivity contribution is 5.79. The maximum atomic E-state index is 14.1. The molecule has 6 nitrogen and oxygen atoms in total. The molecule has 3 rings (SSSR count). The van der Waals surface area contributed by atoms with Crippen molar-refractivity contribution < 1.29 is 14.1 Å². The highest BCUT2D eigenvalue weighted by atomic mass is 19.1. The Morgan fingerprint density at radius 3 is 2.58 bits per heavy atom. The number of non-ortho nitro benzene ring substituents is 1. The van der Waals surface area contributed by atoms with E-state index in [1.54, 1.807) is 42.4 Å². The molecule has 1 aliphatic rings. The molecule has 1 aliphatic heterocycles. The van der Waals surface area contributed by atoms with Gasteiger partial charge in [0.25, 0.3) is 5.69 Å². The quantitative estimate of drug-likeness (QED) is 0.528. The van der Waals surface area contributed by atoms with E-state index in [-0.39, 0.29) is 5.69 Å². The zero-order valence-electron chi connectivity index (χ0n) is 12.8. The number of nitrogens with one attached hydrogen (secondary N) is 1. The van der Waals surface area contributed by atoms with Crippen LogP contribution in [0.3, 0.4) is 0 Å². The molecule has 7 heteroatoms. The number of nitro groups is 1. The van der Waals surface area contributed by atoms with E-state index in [2.05, 4.69) is 5.32 Å². The molecule has 0 amide bonds. The molecule has 122 valence electrons. The molecular weight excluding hydrogens is 313 g/mol. The van der Waals surface area contributed by atoms with Crippen LogP contribution in [0.5, 0.6) is 0 Å². The number of halogens is 1. The molecule has 0 spiro atoms. The molecule has 1 unspecified atom stereocenters.